The lowest BCUT2D eigenvalue weighted by molar-refractivity contribution is -0.384. The summed E-state index contributed by atoms with van der Waals surface area (Å²) >= 11 is 5.73. The van der Waals surface area contributed by atoms with Gasteiger partial charge >= 0.3 is 0 Å². The van der Waals surface area contributed by atoms with E-state index in [0.717, 1.165) is 11.6 Å². The summed E-state index contributed by atoms with van der Waals surface area (Å²) in [5.41, 5.74) is 0.560. The van der Waals surface area contributed by atoms with E-state index in [9.17, 15) is 19.3 Å². The summed E-state index contributed by atoms with van der Waals surface area (Å²) < 4.78 is 13.6. The number of carbonyl (C=O) groups excluding carboxylic acids is 1. The summed E-state index contributed by atoms with van der Waals surface area (Å²) in [7, 11) is 0. The minimum absolute atomic E-state index is 0.0278. The Morgan fingerprint density at radius 1 is 1.29 bits per heavy atom. The molecule has 5 nitrogen and oxygen atoms in total. The largest absolute Gasteiger partial charge is 0.319 e. The summed E-state index contributed by atoms with van der Waals surface area (Å²) in [6.45, 7) is 1.73. The fourth-order valence-electron chi connectivity index (χ4n) is 1.71. The Hall–Kier alpha value is -2.47. The van der Waals surface area contributed by atoms with Gasteiger partial charge in [-0.15, -0.1) is 0 Å². The second kappa shape index (κ2) is 5.88. The van der Waals surface area contributed by atoms with Crippen LogP contribution in [0.4, 0.5) is 15.8 Å². The van der Waals surface area contributed by atoms with Crippen LogP contribution in [-0.2, 0) is 0 Å². The second-order valence-electron chi connectivity index (χ2n) is 4.36. The van der Waals surface area contributed by atoms with Crippen LogP contribution in [0.1, 0.15) is 15.9 Å². The smallest absolute Gasteiger partial charge is 0.287 e. The Bertz CT molecular complexity index is 734. The van der Waals surface area contributed by atoms with E-state index in [-0.39, 0.29) is 22.0 Å². The maximum atomic E-state index is 13.6. The highest BCUT2D eigenvalue weighted by molar-refractivity contribution is 6.33. The van der Waals surface area contributed by atoms with Gasteiger partial charge in [0, 0.05) is 11.6 Å². The van der Waals surface area contributed by atoms with Crippen molar-refractivity contribution >= 4 is 28.9 Å². The number of halogens is 2. The van der Waals surface area contributed by atoms with Crippen molar-refractivity contribution < 1.29 is 14.1 Å². The first-order valence-corrected chi connectivity index (χ1v) is 6.27. The summed E-state index contributed by atoms with van der Waals surface area (Å²) in [6.07, 6.45) is 0. The number of carbonyl (C=O) groups is 1. The molecule has 0 saturated carbocycles. The van der Waals surface area contributed by atoms with Gasteiger partial charge in [-0.25, -0.2) is 4.39 Å². The number of nitro benzene ring substituents is 1. The van der Waals surface area contributed by atoms with Gasteiger partial charge in [-0.2, -0.15) is 0 Å². The van der Waals surface area contributed by atoms with E-state index in [4.69, 9.17) is 11.6 Å². The van der Waals surface area contributed by atoms with Crippen molar-refractivity contribution in [2.24, 2.45) is 0 Å². The fourth-order valence-corrected chi connectivity index (χ4v) is 1.96. The van der Waals surface area contributed by atoms with Crippen molar-refractivity contribution in [1.82, 2.24) is 0 Å². The molecule has 1 amide bonds. The summed E-state index contributed by atoms with van der Waals surface area (Å²) in [5.74, 6) is -1.16. The van der Waals surface area contributed by atoms with Crippen LogP contribution in [0.25, 0.3) is 0 Å². The van der Waals surface area contributed by atoms with Crippen molar-refractivity contribution in [2.75, 3.05) is 5.32 Å². The third kappa shape index (κ3) is 3.35. The van der Waals surface area contributed by atoms with E-state index in [0.29, 0.717) is 0 Å². The Labute approximate surface area is 124 Å². The van der Waals surface area contributed by atoms with Crippen molar-refractivity contribution in [3.8, 4) is 0 Å². The van der Waals surface area contributed by atoms with E-state index in [1.165, 1.54) is 24.3 Å². The van der Waals surface area contributed by atoms with E-state index in [1.54, 1.807) is 13.0 Å². The first-order chi connectivity index (χ1) is 9.88. The number of aryl methyl sites for hydroxylation is 1. The average Bonchev–Trinajstić information content (AvgIpc) is 2.41. The van der Waals surface area contributed by atoms with Gasteiger partial charge in [-0.3, -0.25) is 14.9 Å². The predicted molar refractivity (Wildman–Crippen MR) is 77.2 cm³/mol. The standard InChI is InChI=1S/C14H10ClFN2O3/c1-8-2-4-12(11(16)6-8)17-14(19)9-3-5-13(18(20)21)10(15)7-9/h2-7H,1H3,(H,17,19). The molecule has 0 atom stereocenters. The topological polar surface area (TPSA) is 72.2 Å². The van der Waals surface area contributed by atoms with Crippen molar-refractivity contribution in [3.63, 3.8) is 0 Å². The third-order valence-corrected chi connectivity index (χ3v) is 3.08. The van der Waals surface area contributed by atoms with Crippen LogP contribution in [-0.4, -0.2) is 10.8 Å². The van der Waals surface area contributed by atoms with E-state index in [2.05, 4.69) is 5.32 Å². The zero-order valence-corrected chi connectivity index (χ0v) is 11.6. The van der Waals surface area contributed by atoms with Gasteiger partial charge in [-0.05, 0) is 36.8 Å². The summed E-state index contributed by atoms with van der Waals surface area (Å²) in [4.78, 5) is 22.0. The van der Waals surface area contributed by atoms with Gasteiger partial charge in [0.1, 0.15) is 10.8 Å². The molecule has 2 rings (SSSR count). The quantitative estimate of drug-likeness (QED) is 0.689. The monoisotopic (exact) mass is 308 g/mol. The fraction of sp³-hybridized carbons (Fsp3) is 0.0714. The summed E-state index contributed by atoms with van der Waals surface area (Å²) in [5, 5.41) is 12.9. The highest BCUT2D eigenvalue weighted by atomic mass is 35.5. The number of amides is 1. The molecule has 108 valence electrons. The van der Waals surface area contributed by atoms with Crippen LogP contribution >= 0.6 is 11.6 Å². The first kappa shape index (κ1) is 14.9. The van der Waals surface area contributed by atoms with Crippen LogP contribution in [0.5, 0.6) is 0 Å². The van der Waals surface area contributed by atoms with Crippen LogP contribution in [0, 0.1) is 22.9 Å². The number of hydrogen-bond donors (Lipinski definition) is 1. The zero-order valence-electron chi connectivity index (χ0n) is 10.9. The Balaban J connectivity index is 2.24. The molecule has 2 aromatic rings. The van der Waals surface area contributed by atoms with Gasteiger partial charge < -0.3 is 5.32 Å². The molecule has 0 heterocycles. The van der Waals surface area contributed by atoms with E-state index >= 15 is 0 Å². The predicted octanol–water partition coefficient (Wildman–Crippen LogP) is 3.95. The van der Waals surface area contributed by atoms with Gasteiger partial charge in [-0.1, -0.05) is 17.7 Å². The molecular weight excluding hydrogens is 299 g/mol. The molecule has 7 heteroatoms. The number of nitrogens with zero attached hydrogens (tertiary/aromatic N) is 1. The molecule has 21 heavy (non-hydrogen) atoms. The van der Waals surface area contributed by atoms with Gasteiger partial charge in [0.15, 0.2) is 0 Å². The molecule has 2 aromatic carbocycles. The molecule has 0 saturated heterocycles. The maximum Gasteiger partial charge on any atom is 0.287 e. The minimum Gasteiger partial charge on any atom is -0.319 e. The van der Waals surface area contributed by atoms with Crippen LogP contribution < -0.4 is 5.32 Å². The molecule has 0 radical (unpaired) electrons. The van der Waals surface area contributed by atoms with Crippen molar-refractivity contribution in [1.29, 1.82) is 0 Å². The van der Waals surface area contributed by atoms with E-state index in [1.807, 2.05) is 0 Å². The molecule has 1 N–H and O–H groups in total. The molecule has 0 bridgehead atoms. The molecule has 0 spiro atoms. The molecule has 0 aliphatic rings. The summed E-state index contributed by atoms with van der Waals surface area (Å²) in [6, 6.07) is 7.94. The van der Waals surface area contributed by atoms with E-state index < -0.39 is 16.6 Å². The number of hydrogen-bond acceptors (Lipinski definition) is 3. The lowest BCUT2D eigenvalue weighted by Gasteiger charge is -2.07. The number of nitrogens with one attached hydrogen (secondary N) is 1. The van der Waals surface area contributed by atoms with Gasteiger partial charge in [0.25, 0.3) is 11.6 Å². The lowest BCUT2D eigenvalue weighted by Crippen LogP contribution is -2.13. The van der Waals surface area contributed by atoms with Crippen LogP contribution in [0.3, 0.4) is 0 Å². The van der Waals surface area contributed by atoms with Gasteiger partial charge in [0.2, 0.25) is 0 Å². The SMILES string of the molecule is Cc1ccc(NC(=O)c2ccc([N+](=O)[O-])c(Cl)c2)c(F)c1. The lowest BCUT2D eigenvalue weighted by atomic mass is 10.1. The molecule has 0 aromatic heterocycles. The highest BCUT2D eigenvalue weighted by Crippen LogP contribution is 2.25. The Morgan fingerprint density at radius 2 is 2.00 bits per heavy atom. The molecule has 0 aliphatic carbocycles. The Morgan fingerprint density at radius 3 is 2.57 bits per heavy atom. The Kier molecular flexibility index (Phi) is 4.18. The molecular formula is C14H10ClFN2O3. The molecule has 0 unspecified atom stereocenters. The second-order valence-corrected chi connectivity index (χ2v) is 4.77. The number of benzene rings is 2. The zero-order chi connectivity index (χ0) is 15.6. The first-order valence-electron chi connectivity index (χ1n) is 5.90. The van der Waals surface area contributed by atoms with Crippen LogP contribution in [0.2, 0.25) is 5.02 Å². The van der Waals surface area contributed by atoms with Crippen molar-refractivity contribution in [3.05, 3.63) is 68.5 Å². The van der Waals surface area contributed by atoms with Crippen molar-refractivity contribution in [2.45, 2.75) is 6.92 Å². The maximum absolute atomic E-state index is 13.6. The highest BCUT2D eigenvalue weighted by Gasteiger charge is 2.16. The third-order valence-electron chi connectivity index (χ3n) is 2.78. The average molecular weight is 309 g/mol. The normalized spacial score (nSPS) is 10.2. The number of nitro groups is 1. The molecule has 0 fully saturated rings. The van der Waals surface area contributed by atoms with Crippen LogP contribution in [0.15, 0.2) is 36.4 Å². The minimum atomic E-state index is -0.649. The number of anilines is 1. The van der Waals surface area contributed by atoms with Gasteiger partial charge in [0.05, 0.1) is 10.6 Å². The molecule has 0 aliphatic heterocycles. The number of rotatable bonds is 3.